The van der Waals surface area contributed by atoms with Gasteiger partial charge in [0.25, 0.3) is 17.7 Å². The smallest absolute Gasteiger partial charge is 0.274 e. The van der Waals surface area contributed by atoms with Crippen LogP contribution >= 0.6 is 11.3 Å². The van der Waals surface area contributed by atoms with E-state index >= 15 is 0 Å². The maximum absolute atomic E-state index is 13.4. The third-order valence-electron chi connectivity index (χ3n) is 6.86. The molecule has 4 aromatic rings. The van der Waals surface area contributed by atoms with Crippen molar-refractivity contribution in [1.29, 1.82) is 0 Å². The zero-order chi connectivity index (χ0) is 30.5. The quantitative estimate of drug-likeness (QED) is 0.319. The van der Waals surface area contributed by atoms with E-state index in [1.165, 1.54) is 28.8 Å². The zero-order valence-electron chi connectivity index (χ0n) is 23.9. The summed E-state index contributed by atoms with van der Waals surface area (Å²) in [6, 6.07) is 8.33. The Labute approximate surface area is 251 Å². The minimum atomic E-state index is -0.687. The number of benzene rings is 1. The molecule has 1 aliphatic rings. The van der Waals surface area contributed by atoms with E-state index in [4.69, 9.17) is 4.42 Å². The first-order valence-corrected chi connectivity index (χ1v) is 14.7. The van der Waals surface area contributed by atoms with Crippen LogP contribution in [0.15, 0.2) is 58.9 Å². The van der Waals surface area contributed by atoms with Crippen LogP contribution in [0.3, 0.4) is 0 Å². The Bertz CT molecular complexity index is 1610. The van der Waals surface area contributed by atoms with E-state index in [1.54, 1.807) is 23.2 Å². The lowest BCUT2D eigenvalue weighted by Gasteiger charge is -2.25. The van der Waals surface area contributed by atoms with Crippen LogP contribution in [-0.2, 0) is 18.3 Å². The average molecular weight is 605 g/mol. The van der Waals surface area contributed by atoms with Crippen molar-refractivity contribution in [1.82, 2.24) is 40.4 Å². The van der Waals surface area contributed by atoms with Gasteiger partial charge in [0.05, 0.1) is 18.9 Å². The van der Waals surface area contributed by atoms with Crippen molar-refractivity contribution in [3.8, 4) is 0 Å². The van der Waals surface area contributed by atoms with Gasteiger partial charge in [0.2, 0.25) is 11.8 Å². The number of nitrogens with one attached hydrogen (secondary N) is 3. The number of aryl methyl sites for hydroxylation is 1. The highest BCUT2D eigenvalue weighted by molar-refractivity contribution is 7.09. The van der Waals surface area contributed by atoms with Gasteiger partial charge in [-0.1, -0.05) is 44.2 Å². The SMILES string of the molecule is CC(C)[C@@H]1NC(=O)CN(C(=O)c2cn(C)cn2)CCNC(=O)c2coc(n2)[C@H](Cc2ccccc2)NC(=O)c2csc1n2. The van der Waals surface area contributed by atoms with E-state index in [2.05, 4.69) is 30.9 Å². The molecule has 43 heavy (non-hydrogen) atoms. The molecule has 4 heterocycles. The van der Waals surface area contributed by atoms with E-state index in [9.17, 15) is 19.2 Å². The van der Waals surface area contributed by atoms with Crippen LogP contribution in [0.1, 0.15) is 73.9 Å². The van der Waals surface area contributed by atoms with Crippen LogP contribution in [0.2, 0.25) is 0 Å². The molecule has 0 aliphatic carbocycles. The number of carbonyl (C=O) groups excluding carboxylic acids is 4. The molecule has 5 rings (SSSR count). The minimum Gasteiger partial charge on any atom is -0.446 e. The van der Waals surface area contributed by atoms with Crippen molar-refractivity contribution in [2.45, 2.75) is 32.4 Å². The fraction of sp³-hybridized carbons (Fsp3) is 0.345. The fourth-order valence-electron chi connectivity index (χ4n) is 4.61. The number of fused-ring (bicyclic) bond motifs is 4. The number of oxazole rings is 1. The Kier molecular flexibility index (Phi) is 8.95. The molecule has 4 bridgehead atoms. The second-order valence-electron chi connectivity index (χ2n) is 10.6. The van der Waals surface area contributed by atoms with Crippen molar-refractivity contribution in [2.24, 2.45) is 13.0 Å². The predicted molar refractivity (Wildman–Crippen MR) is 156 cm³/mol. The monoisotopic (exact) mass is 604 g/mol. The van der Waals surface area contributed by atoms with Crippen molar-refractivity contribution in [3.63, 3.8) is 0 Å². The molecule has 14 heteroatoms. The molecule has 0 saturated heterocycles. The second-order valence-corrected chi connectivity index (χ2v) is 11.4. The maximum Gasteiger partial charge on any atom is 0.274 e. The summed E-state index contributed by atoms with van der Waals surface area (Å²) < 4.78 is 7.30. The lowest BCUT2D eigenvalue weighted by Crippen LogP contribution is -2.45. The maximum atomic E-state index is 13.4. The lowest BCUT2D eigenvalue weighted by molar-refractivity contribution is -0.122. The van der Waals surface area contributed by atoms with Gasteiger partial charge in [-0.3, -0.25) is 19.2 Å². The van der Waals surface area contributed by atoms with Crippen molar-refractivity contribution in [3.05, 3.63) is 88.0 Å². The van der Waals surface area contributed by atoms with E-state index in [0.29, 0.717) is 11.4 Å². The number of hydrogen-bond acceptors (Lipinski definition) is 9. The Morgan fingerprint density at radius 1 is 1.09 bits per heavy atom. The molecule has 1 aliphatic heterocycles. The van der Waals surface area contributed by atoms with Crippen LogP contribution in [0.4, 0.5) is 0 Å². The molecule has 13 nitrogen and oxygen atoms in total. The molecule has 4 amide bonds. The van der Waals surface area contributed by atoms with Gasteiger partial charge in [0, 0.05) is 38.1 Å². The highest BCUT2D eigenvalue weighted by Gasteiger charge is 2.28. The number of nitrogens with zero attached hydrogens (tertiary/aromatic N) is 5. The summed E-state index contributed by atoms with van der Waals surface area (Å²) >= 11 is 1.26. The predicted octanol–water partition coefficient (Wildman–Crippen LogP) is 2.28. The van der Waals surface area contributed by atoms with Crippen LogP contribution in [0.5, 0.6) is 0 Å². The summed E-state index contributed by atoms with van der Waals surface area (Å²) in [5, 5.41) is 10.8. The molecule has 224 valence electrons. The minimum absolute atomic E-state index is 0.0134. The number of thiazole rings is 1. The van der Waals surface area contributed by atoms with Gasteiger partial charge in [-0.25, -0.2) is 15.0 Å². The summed E-state index contributed by atoms with van der Waals surface area (Å²) in [5.41, 5.74) is 1.29. The number of amides is 4. The molecule has 0 saturated carbocycles. The van der Waals surface area contributed by atoms with Gasteiger partial charge in [0.1, 0.15) is 28.7 Å². The largest absolute Gasteiger partial charge is 0.446 e. The number of rotatable bonds is 4. The van der Waals surface area contributed by atoms with Gasteiger partial charge in [-0.2, -0.15) is 0 Å². The third-order valence-corrected chi connectivity index (χ3v) is 7.79. The topological polar surface area (TPSA) is 164 Å². The van der Waals surface area contributed by atoms with E-state index < -0.39 is 35.7 Å². The van der Waals surface area contributed by atoms with Gasteiger partial charge in [-0.05, 0) is 11.5 Å². The van der Waals surface area contributed by atoms with Gasteiger partial charge in [0.15, 0.2) is 5.69 Å². The van der Waals surface area contributed by atoms with Gasteiger partial charge >= 0.3 is 0 Å². The standard InChI is InChI=1S/C29H32N8O5S/c1-17(2)24-28-34-22(15-43-28)26(40)32-19(11-18-7-5-4-6-8-18)27-33-21(14-42-27)25(39)30-9-10-37(13-23(38)35-24)29(41)20-12-36(3)16-31-20/h4-8,12,14-17,19,24H,9-11,13H2,1-3H3,(H,30,39)(H,32,40)(H,35,38)/t19-,24-/m0/s1. The molecular weight excluding hydrogens is 572 g/mol. The molecule has 2 atom stereocenters. The number of imidazole rings is 1. The van der Waals surface area contributed by atoms with E-state index in [-0.39, 0.29) is 48.5 Å². The number of hydrogen-bond donors (Lipinski definition) is 3. The summed E-state index contributed by atoms with van der Waals surface area (Å²) in [6.07, 6.45) is 4.64. The first-order chi connectivity index (χ1) is 20.7. The summed E-state index contributed by atoms with van der Waals surface area (Å²) in [6.45, 7) is 3.67. The molecule has 0 fully saturated rings. The van der Waals surface area contributed by atoms with E-state index in [1.807, 2.05) is 44.2 Å². The summed E-state index contributed by atoms with van der Waals surface area (Å²) in [7, 11) is 1.74. The Morgan fingerprint density at radius 2 is 1.88 bits per heavy atom. The number of aromatic nitrogens is 4. The molecule has 3 aromatic heterocycles. The number of carbonyl (C=O) groups is 4. The average Bonchev–Trinajstić information content (AvgIpc) is 3.76. The second kappa shape index (κ2) is 13.0. The van der Waals surface area contributed by atoms with Crippen LogP contribution < -0.4 is 16.0 Å². The van der Waals surface area contributed by atoms with Crippen molar-refractivity contribution >= 4 is 35.0 Å². The molecule has 0 unspecified atom stereocenters. The molecule has 1 aromatic carbocycles. The summed E-state index contributed by atoms with van der Waals surface area (Å²) in [5.74, 6) is -1.75. The van der Waals surface area contributed by atoms with Gasteiger partial charge in [-0.15, -0.1) is 11.3 Å². The lowest BCUT2D eigenvalue weighted by atomic mass is 10.0. The molecule has 3 N–H and O–H groups in total. The van der Waals surface area contributed by atoms with Gasteiger partial charge < -0.3 is 29.8 Å². The normalized spacial score (nSPS) is 18.4. The molecule has 0 spiro atoms. The first kappa shape index (κ1) is 29.6. The van der Waals surface area contributed by atoms with E-state index in [0.717, 1.165) is 5.56 Å². The van der Waals surface area contributed by atoms with Crippen molar-refractivity contribution in [2.75, 3.05) is 19.6 Å². The third kappa shape index (κ3) is 7.15. The van der Waals surface area contributed by atoms with Crippen molar-refractivity contribution < 1.29 is 23.6 Å². The fourth-order valence-corrected chi connectivity index (χ4v) is 5.63. The summed E-state index contributed by atoms with van der Waals surface area (Å²) in [4.78, 5) is 67.2. The Morgan fingerprint density at radius 3 is 2.60 bits per heavy atom. The molecule has 0 radical (unpaired) electrons. The van der Waals surface area contributed by atoms with Crippen LogP contribution in [0.25, 0.3) is 0 Å². The van der Waals surface area contributed by atoms with Crippen LogP contribution in [-0.4, -0.2) is 67.7 Å². The Balaban J connectivity index is 1.47. The molecular formula is C29H32N8O5S. The Hall–Kier alpha value is -4.85. The van der Waals surface area contributed by atoms with Crippen LogP contribution in [0, 0.1) is 5.92 Å². The highest BCUT2D eigenvalue weighted by Crippen LogP contribution is 2.26. The highest BCUT2D eigenvalue weighted by atomic mass is 32.1. The zero-order valence-corrected chi connectivity index (χ0v) is 24.8. The first-order valence-electron chi connectivity index (χ1n) is 13.8.